The van der Waals surface area contributed by atoms with Gasteiger partial charge in [0.1, 0.15) is 11.6 Å². The number of rotatable bonds is 10. The highest BCUT2D eigenvalue weighted by molar-refractivity contribution is 5.70. The Hall–Kier alpha value is -2.83. The van der Waals surface area contributed by atoms with Crippen LogP contribution in [0.4, 0.5) is 11.8 Å². The Morgan fingerprint density at radius 1 is 1.21 bits per heavy atom. The van der Waals surface area contributed by atoms with E-state index in [2.05, 4.69) is 26.9 Å². The summed E-state index contributed by atoms with van der Waals surface area (Å²) in [6, 6.07) is 5.77. The lowest BCUT2D eigenvalue weighted by Gasteiger charge is -2.15. The molecule has 2 rings (SSSR count). The molecule has 1 heterocycles. The van der Waals surface area contributed by atoms with Crippen molar-refractivity contribution >= 4 is 17.7 Å². The third-order valence-electron chi connectivity index (χ3n) is 4.57. The maximum atomic E-state index is 11.2. The molecule has 0 fully saturated rings. The summed E-state index contributed by atoms with van der Waals surface area (Å²) in [4.78, 5) is 20.0. The molecule has 7 heteroatoms. The second-order valence-corrected chi connectivity index (χ2v) is 6.76. The molecule has 0 saturated carbocycles. The second-order valence-electron chi connectivity index (χ2n) is 6.76. The fourth-order valence-corrected chi connectivity index (χ4v) is 2.91. The Balaban J connectivity index is 2.16. The van der Waals surface area contributed by atoms with Crippen LogP contribution in [0.15, 0.2) is 18.2 Å². The third kappa shape index (κ3) is 6.11. The van der Waals surface area contributed by atoms with Crippen molar-refractivity contribution in [1.82, 2.24) is 9.97 Å². The van der Waals surface area contributed by atoms with E-state index >= 15 is 0 Å². The van der Waals surface area contributed by atoms with Gasteiger partial charge in [0.2, 0.25) is 5.95 Å². The summed E-state index contributed by atoms with van der Waals surface area (Å²) < 4.78 is 10.0. The lowest BCUT2D eigenvalue weighted by molar-refractivity contribution is -0.142. The van der Waals surface area contributed by atoms with Crippen molar-refractivity contribution in [2.75, 3.05) is 31.3 Å². The molecule has 0 unspecified atom stereocenters. The van der Waals surface area contributed by atoms with E-state index in [4.69, 9.17) is 10.5 Å². The molecule has 0 saturated heterocycles. The Labute approximate surface area is 166 Å². The molecule has 0 aliphatic heterocycles. The standard InChI is InChI=1S/C21H30N4O3/c1-5-6-7-10-23-20-18(15(3)24-21(22)25-20)12-16-8-9-17(11-14(16)2)28-13-19(26)27-4/h8-9,11H,5-7,10,12-13H2,1-4H3,(H3,22,23,24,25). The van der Waals surface area contributed by atoms with Crippen LogP contribution < -0.4 is 15.8 Å². The number of carbonyl (C=O) groups excluding carboxylic acids is 1. The van der Waals surface area contributed by atoms with Gasteiger partial charge in [-0.05, 0) is 43.5 Å². The van der Waals surface area contributed by atoms with Crippen molar-refractivity contribution in [3.05, 3.63) is 40.6 Å². The third-order valence-corrected chi connectivity index (χ3v) is 4.57. The van der Waals surface area contributed by atoms with Gasteiger partial charge < -0.3 is 20.5 Å². The van der Waals surface area contributed by atoms with Crippen molar-refractivity contribution in [1.29, 1.82) is 0 Å². The molecule has 7 nitrogen and oxygen atoms in total. The first-order valence-corrected chi connectivity index (χ1v) is 9.60. The predicted octanol–water partition coefficient (Wildman–Crippen LogP) is 3.42. The Bertz CT molecular complexity index is 808. The summed E-state index contributed by atoms with van der Waals surface area (Å²) in [6.45, 7) is 6.90. The molecule has 2 aromatic rings. The van der Waals surface area contributed by atoms with Crippen LogP contribution in [0.2, 0.25) is 0 Å². The van der Waals surface area contributed by atoms with E-state index in [1.54, 1.807) is 0 Å². The highest BCUT2D eigenvalue weighted by Gasteiger charge is 2.13. The van der Waals surface area contributed by atoms with E-state index in [9.17, 15) is 4.79 Å². The molecule has 0 aliphatic carbocycles. The van der Waals surface area contributed by atoms with Gasteiger partial charge in [-0.1, -0.05) is 25.8 Å². The first-order chi connectivity index (χ1) is 13.4. The Kier molecular flexibility index (Phi) is 8.04. The van der Waals surface area contributed by atoms with Crippen molar-refractivity contribution in [2.45, 2.75) is 46.5 Å². The van der Waals surface area contributed by atoms with Crippen LogP contribution in [0.3, 0.4) is 0 Å². The van der Waals surface area contributed by atoms with Crippen LogP contribution >= 0.6 is 0 Å². The highest BCUT2D eigenvalue weighted by Crippen LogP contribution is 2.25. The number of aromatic nitrogens is 2. The molecular weight excluding hydrogens is 356 g/mol. The van der Waals surface area contributed by atoms with E-state index in [0.717, 1.165) is 41.2 Å². The van der Waals surface area contributed by atoms with Crippen LogP contribution in [-0.2, 0) is 16.0 Å². The van der Waals surface area contributed by atoms with Crippen LogP contribution in [0.25, 0.3) is 0 Å². The lowest BCUT2D eigenvalue weighted by atomic mass is 9.99. The minimum absolute atomic E-state index is 0.105. The number of esters is 1. The van der Waals surface area contributed by atoms with Gasteiger partial charge in [-0.15, -0.1) is 0 Å². The number of methoxy groups -OCH3 is 1. The quantitative estimate of drug-likeness (QED) is 0.477. The van der Waals surface area contributed by atoms with Crippen molar-refractivity contribution < 1.29 is 14.3 Å². The average molecular weight is 386 g/mol. The lowest BCUT2D eigenvalue weighted by Crippen LogP contribution is -2.13. The number of carbonyl (C=O) groups is 1. The highest BCUT2D eigenvalue weighted by atomic mass is 16.6. The molecule has 0 atom stereocenters. The van der Waals surface area contributed by atoms with Gasteiger partial charge in [-0.25, -0.2) is 9.78 Å². The molecule has 152 valence electrons. The number of aryl methyl sites for hydroxylation is 2. The van der Waals surface area contributed by atoms with Gasteiger partial charge >= 0.3 is 5.97 Å². The largest absolute Gasteiger partial charge is 0.482 e. The number of nitrogen functional groups attached to an aromatic ring is 1. The number of nitrogens with one attached hydrogen (secondary N) is 1. The zero-order valence-corrected chi connectivity index (χ0v) is 17.2. The predicted molar refractivity (Wildman–Crippen MR) is 111 cm³/mol. The topological polar surface area (TPSA) is 99.4 Å². The van der Waals surface area contributed by atoms with E-state index in [-0.39, 0.29) is 12.6 Å². The van der Waals surface area contributed by atoms with Gasteiger partial charge in [-0.2, -0.15) is 4.98 Å². The minimum Gasteiger partial charge on any atom is -0.482 e. The molecule has 0 radical (unpaired) electrons. The molecule has 3 N–H and O–H groups in total. The number of hydrogen-bond donors (Lipinski definition) is 2. The summed E-state index contributed by atoms with van der Waals surface area (Å²) in [5, 5.41) is 3.41. The number of nitrogens with zero attached hydrogens (tertiary/aromatic N) is 2. The number of ether oxygens (including phenoxy) is 2. The zero-order chi connectivity index (χ0) is 20.5. The number of unbranched alkanes of at least 4 members (excludes halogenated alkanes) is 2. The molecule has 0 spiro atoms. The van der Waals surface area contributed by atoms with Gasteiger partial charge in [0.25, 0.3) is 0 Å². The smallest absolute Gasteiger partial charge is 0.343 e. The molecule has 28 heavy (non-hydrogen) atoms. The first-order valence-electron chi connectivity index (χ1n) is 9.60. The number of benzene rings is 1. The van der Waals surface area contributed by atoms with E-state index < -0.39 is 5.97 Å². The monoisotopic (exact) mass is 386 g/mol. The number of anilines is 2. The maximum Gasteiger partial charge on any atom is 0.343 e. The fraction of sp³-hybridized carbons (Fsp3) is 0.476. The second kappa shape index (κ2) is 10.5. The summed E-state index contributed by atoms with van der Waals surface area (Å²) in [5.74, 6) is 1.30. The van der Waals surface area contributed by atoms with Crippen molar-refractivity contribution in [3.63, 3.8) is 0 Å². The van der Waals surface area contributed by atoms with Gasteiger partial charge in [0.05, 0.1) is 7.11 Å². The van der Waals surface area contributed by atoms with Crippen molar-refractivity contribution in [2.24, 2.45) is 0 Å². The molecule has 0 amide bonds. The fourth-order valence-electron chi connectivity index (χ4n) is 2.91. The van der Waals surface area contributed by atoms with Crippen LogP contribution in [0.1, 0.15) is 48.6 Å². The number of nitrogens with two attached hydrogens (primary N) is 1. The summed E-state index contributed by atoms with van der Waals surface area (Å²) in [5.41, 5.74) is 9.97. The normalized spacial score (nSPS) is 10.6. The summed E-state index contributed by atoms with van der Waals surface area (Å²) in [6.07, 6.45) is 4.12. The zero-order valence-electron chi connectivity index (χ0n) is 17.2. The summed E-state index contributed by atoms with van der Waals surface area (Å²) in [7, 11) is 1.34. The Morgan fingerprint density at radius 3 is 2.68 bits per heavy atom. The van der Waals surface area contributed by atoms with E-state index in [0.29, 0.717) is 12.2 Å². The summed E-state index contributed by atoms with van der Waals surface area (Å²) >= 11 is 0. The molecule has 1 aromatic carbocycles. The minimum atomic E-state index is -0.407. The van der Waals surface area contributed by atoms with Crippen LogP contribution in [0.5, 0.6) is 5.75 Å². The van der Waals surface area contributed by atoms with Crippen LogP contribution in [0, 0.1) is 13.8 Å². The molecule has 0 aliphatic rings. The SMILES string of the molecule is CCCCCNc1nc(N)nc(C)c1Cc1ccc(OCC(=O)OC)cc1C. The van der Waals surface area contributed by atoms with Gasteiger partial charge in [0, 0.05) is 24.2 Å². The molecule has 0 bridgehead atoms. The number of hydrogen-bond acceptors (Lipinski definition) is 7. The van der Waals surface area contributed by atoms with E-state index in [1.807, 2.05) is 32.0 Å². The first kappa shape index (κ1) is 21.5. The van der Waals surface area contributed by atoms with Crippen molar-refractivity contribution in [3.8, 4) is 5.75 Å². The van der Waals surface area contributed by atoms with E-state index in [1.165, 1.54) is 20.0 Å². The maximum absolute atomic E-state index is 11.2. The van der Waals surface area contributed by atoms with Gasteiger partial charge in [-0.3, -0.25) is 0 Å². The molecule has 1 aromatic heterocycles. The van der Waals surface area contributed by atoms with Gasteiger partial charge in [0.15, 0.2) is 6.61 Å². The molecular formula is C21H30N4O3. The Morgan fingerprint density at radius 2 is 2.00 bits per heavy atom. The average Bonchev–Trinajstić information content (AvgIpc) is 2.67. The van der Waals surface area contributed by atoms with Crippen LogP contribution in [-0.4, -0.2) is 36.2 Å².